The number of piperidine rings is 1. The standard InChI is InChI=1S/C7H17N2O6PS/c1-17(13,14)9-4-2-7(3-5-9)6-8-15-16(10,11)12/h7-8H,2-6H2,1H3,(H2,10,11,12). The highest BCUT2D eigenvalue weighted by atomic mass is 32.2. The normalized spacial score (nSPS) is 20.6. The van der Waals surface area contributed by atoms with Gasteiger partial charge in [0, 0.05) is 19.6 Å². The van der Waals surface area contributed by atoms with Gasteiger partial charge in [0.2, 0.25) is 10.0 Å². The Morgan fingerprint density at radius 1 is 1.41 bits per heavy atom. The third kappa shape index (κ3) is 5.91. The van der Waals surface area contributed by atoms with E-state index < -0.39 is 17.8 Å². The first-order valence-corrected chi connectivity index (χ1v) is 8.48. The lowest BCUT2D eigenvalue weighted by atomic mass is 9.99. The van der Waals surface area contributed by atoms with Gasteiger partial charge in [-0.1, -0.05) is 0 Å². The summed E-state index contributed by atoms with van der Waals surface area (Å²) in [5, 5.41) is 0. The lowest BCUT2D eigenvalue weighted by molar-refractivity contribution is 0.106. The molecule has 1 saturated heterocycles. The third-order valence-electron chi connectivity index (χ3n) is 2.60. The van der Waals surface area contributed by atoms with Crippen molar-refractivity contribution in [1.29, 1.82) is 0 Å². The molecule has 0 aliphatic carbocycles. The van der Waals surface area contributed by atoms with E-state index in [2.05, 4.69) is 10.1 Å². The van der Waals surface area contributed by atoms with Crippen molar-refractivity contribution in [3.05, 3.63) is 0 Å². The maximum atomic E-state index is 11.2. The minimum Gasteiger partial charge on any atom is -0.302 e. The van der Waals surface area contributed by atoms with Crippen LogP contribution in [-0.2, 0) is 19.2 Å². The van der Waals surface area contributed by atoms with Crippen LogP contribution in [0.25, 0.3) is 0 Å². The largest absolute Gasteiger partial charge is 0.486 e. The van der Waals surface area contributed by atoms with Crippen molar-refractivity contribution < 1.29 is 27.4 Å². The smallest absolute Gasteiger partial charge is 0.302 e. The molecule has 102 valence electrons. The number of phosphoric acid groups is 1. The summed E-state index contributed by atoms with van der Waals surface area (Å²) < 4.78 is 38.3. The molecule has 0 aromatic carbocycles. The van der Waals surface area contributed by atoms with Gasteiger partial charge in [0.1, 0.15) is 0 Å². The minimum atomic E-state index is -4.49. The van der Waals surface area contributed by atoms with Crippen molar-refractivity contribution in [2.75, 3.05) is 25.9 Å². The lowest BCUT2D eigenvalue weighted by Gasteiger charge is -2.30. The minimum absolute atomic E-state index is 0.152. The van der Waals surface area contributed by atoms with Gasteiger partial charge in [-0.15, -0.1) is 0 Å². The molecule has 1 fully saturated rings. The van der Waals surface area contributed by atoms with Gasteiger partial charge in [0.15, 0.2) is 0 Å². The number of nitrogens with one attached hydrogen (secondary N) is 1. The second-order valence-corrected chi connectivity index (χ2v) is 7.18. The Labute approximate surface area is 100 Å². The predicted molar refractivity (Wildman–Crippen MR) is 60.3 cm³/mol. The molecular formula is C7H17N2O6PS. The molecule has 0 amide bonds. The molecule has 1 aliphatic rings. The van der Waals surface area contributed by atoms with Crippen LogP contribution >= 0.6 is 7.82 Å². The van der Waals surface area contributed by atoms with Crippen LogP contribution in [0.15, 0.2) is 0 Å². The van der Waals surface area contributed by atoms with Gasteiger partial charge < -0.3 is 9.79 Å². The summed E-state index contributed by atoms with van der Waals surface area (Å²) in [5.41, 5.74) is 2.22. The van der Waals surface area contributed by atoms with E-state index in [1.807, 2.05) is 0 Å². The van der Waals surface area contributed by atoms with Crippen LogP contribution in [0.5, 0.6) is 0 Å². The average Bonchev–Trinajstić information content (AvgIpc) is 2.15. The summed E-state index contributed by atoms with van der Waals surface area (Å²) in [4.78, 5) is 16.9. The fraction of sp³-hybridized carbons (Fsp3) is 1.00. The van der Waals surface area contributed by atoms with E-state index >= 15 is 0 Å². The summed E-state index contributed by atoms with van der Waals surface area (Å²) in [7, 11) is -7.63. The Hall–Kier alpha value is -0.0200. The van der Waals surface area contributed by atoms with E-state index in [0.29, 0.717) is 32.5 Å². The third-order valence-corrected chi connectivity index (χ3v) is 4.27. The van der Waals surface area contributed by atoms with Gasteiger partial charge >= 0.3 is 7.82 Å². The van der Waals surface area contributed by atoms with Crippen LogP contribution in [-0.4, -0.2) is 48.4 Å². The fourth-order valence-corrected chi connectivity index (χ4v) is 2.80. The monoisotopic (exact) mass is 288 g/mol. The Morgan fingerprint density at radius 2 is 1.94 bits per heavy atom. The van der Waals surface area contributed by atoms with Gasteiger partial charge in [-0.3, -0.25) is 0 Å². The van der Waals surface area contributed by atoms with Crippen LogP contribution in [0.1, 0.15) is 12.8 Å². The van der Waals surface area contributed by atoms with Crippen molar-refractivity contribution in [2.24, 2.45) is 5.92 Å². The average molecular weight is 288 g/mol. The van der Waals surface area contributed by atoms with Crippen LogP contribution in [0.3, 0.4) is 0 Å². The number of hydrogen-bond acceptors (Lipinski definition) is 5. The number of hydrogen-bond donors (Lipinski definition) is 3. The predicted octanol–water partition coefficient (Wildman–Crippen LogP) is -0.728. The zero-order chi connectivity index (χ0) is 13.1. The van der Waals surface area contributed by atoms with Crippen molar-refractivity contribution >= 4 is 17.8 Å². The van der Waals surface area contributed by atoms with Gasteiger partial charge in [0.05, 0.1) is 6.26 Å². The molecule has 3 N–H and O–H groups in total. The second-order valence-electron chi connectivity index (χ2n) is 4.04. The Morgan fingerprint density at radius 3 is 2.35 bits per heavy atom. The molecule has 0 atom stereocenters. The highest BCUT2D eigenvalue weighted by Crippen LogP contribution is 2.34. The lowest BCUT2D eigenvalue weighted by Crippen LogP contribution is -2.40. The van der Waals surface area contributed by atoms with Crippen molar-refractivity contribution in [3.8, 4) is 0 Å². The summed E-state index contributed by atoms with van der Waals surface area (Å²) in [5.74, 6) is 0.152. The zero-order valence-corrected chi connectivity index (χ0v) is 11.2. The molecule has 0 unspecified atom stereocenters. The molecule has 1 aliphatic heterocycles. The van der Waals surface area contributed by atoms with E-state index in [-0.39, 0.29) is 5.92 Å². The molecule has 0 aromatic rings. The molecule has 0 radical (unpaired) electrons. The van der Waals surface area contributed by atoms with Crippen molar-refractivity contribution in [3.63, 3.8) is 0 Å². The first-order valence-electron chi connectivity index (χ1n) is 5.10. The molecular weight excluding hydrogens is 271 g/mol. The molecule has 1 heterocycles. The Kier molecular flexibility index (Phi) is 5.08. The van der Waals surface area contributed by atoms with E-state index in [0.717, 1.165) is 0 Å². The highest BCUT2D eigenvalue weighted by Gasteiger charge is 2.25. The number of rotatable bonds is 5. The van der Waals surface area contributed by atoms with E-state index in [4.69, 9.17) is 9.79 Å². The Balaban J connectivity index is 2.27. The topological polar surface area (TPSA) is 116 Å². The van der Waals surface area contributed by atoms with Gasteiger partial charge in [-0.2, -0.15) is 10.1 Å². The first-order chi connectivity index (χ1) is 7.68. The van der Waals surface area contributed by atoms with Crippen LogP contribution in [0.2, 0.25) is 0 Å². The summed E-state index contributed by atoms with van der Waals surface area (Å²) in [6.45, 7) is 1.16. The SMILES string of the molecule is CS(=O)(=O)N1CCC(CNOP(=O)(O)O)CC1. The summed E-state index contributed by atoms with van der Waals surface area (Å²) in [6, 6.07) is 0. The fourth-order valence-electron chi connectivity index (χ4n) is 1.68. The second kappa shape index (κ2) is 5.75. The molecule has 1 rings (SSSR count). The molecule has 0 bridgehead atoms. The Bertz CT molecular complexity index is 385. The zero-order valence-electron chi connectivity index (χ0n) is 9.44. The molecule has 17 heavy (non-hydrogen) atoms. The van der Waals surface area contributed by atoms with Gasteiger partial charge in [-0.25, -0.2) is 17.3 Å². The van der Waals surface area contributed by atoms with Crippen LogP contribution in [0, 0.1) is 5.92 Å². The van der Waals surface area contributed by atoms with E-state index in [9.17, 15) is 13.0 Å². The number of sulfonamides is 1. The van der Waals surface area contributed by atoms with E-state index in [1.165, 1.54) is 10.6 Å². The van der Waals surface area contributed by atoms with Crippen LogP contribution < -0.4 is 5.48 Å². The summed E-state index contributed by atoms with van der Waals surface area (Å²) in [6.07, 6.45) is 2.46. The number of nitrogens with zero attached hydrogens (tertiary/aromatic N) is 1. The van der Waals surface area contributed by atoms with Gasteiger partial charge in [0.25, 0.3) is 0 Å². The number of hydroxylamine groups is 1. The quantitative estimate of drug-likeness (QED) is 0.451. The maximum absolute atomic E-state index is 11.2. The van der Waals surface area contributed by atoms with Crippen LogP contribution in [0.4, 0.5) is 0 Å². The van der Waals surface area contributed by atoms with E-state index in [1.54, 1.807) is 0 Å². The molecule has 0 saturated carbocycles. The van der Waals surface area contributed by atoms with Crippen molar-refractivity contribution in [1.82, 2.24) is 9.79 Å². The van der Waals surface area contributed by atoms with Gasteiger partial charge in [-0.05, 0) is 18.8 Å². The first kappa shape index (κ1) is 15.0. The highest BCUT2D eigenvalue weighted by molar-refractivity contribution is 7.88. The molecule has 8 nitrogen and oxygen atoms in total. The maximum Gasteiger partial charge on any atom is 0.486 e. The molecule has 10 heteroatoms. The summed E-state index contributed by atoms with van der Waals surface area (Å²) >= 11 is 0. The molecule has 0 spiro atoms. The molecule has 0 aromatic heterocycles. The van der Waals surface area contributed by atoms with Crippen molar-refractivity contribution in [2.45, 2.75) is 12.8 Å².